The molecular weight excluding hydrogens is 224 g/mol. The highest BCUT2D eigenvalue weighted by atomic mass is 16.3. The van der Waals surface area contributed by atoms with Crippen molar-refractivity contribution in [3.63, 3.8) is 0 Å². The van der Waals surface area contributed by atoms with Crippen LogP contribution in [-0.2, 0) is 6.54 Å². The molecule has 0 radical (unpaired) electrons. The molecule has 1 aromatic heterocycles. The molecule has 2 aromatic carbocycles. The van der Waals surface area contributed by atoms with E-state index in [1.807, 2.05) is 36.5 Å². The first-order chi connectivity index (χ1) is 8.72. The Bertz CT molecular complexity index is 701. The number of nitrogens with zero attached hydrogens (tertiary/aromatic N) is 1. The Labute approximate surface area is 105 Å². The predicted octanol–water partition coefficient (Wildman–Crippen LogP) is 2.98. The average Bonchev–Trinajstić information content (AvgIpc) is 2.72. The first-order valence-corrected chi connectivity index (χ1v) is 5.85. The van der Waals surface area contributed by atoms with Crippen LogP contribution in [0.2, 0.25) is 0 Å². The summed E-state index contributed by atoms with van der Waals surface area (Å²) in [6, 6.07) is 15.3. The van der Waals surface area contributed by atoms with Crippen molar-refractivity contribution in [3.05, 3.63) is 60.3 Å². The van der Waals surface area contributed by atoms with Gasteiger partial charge in [0, 0.05) is 18.4 Å². The maximum Gasteiger partial charge on any atom is 0.115 e. The zero-order chi connectivity index (χ0) is 12.5. The van der Waals surface area contributed by atoms with Crippen LogP contribution in [0, 0.1) is 0 Å². The zero-order valence-electron chi connectivity index (χ0n) is 9.88. The second kappa shape index (κ2) is 4.11. The van der Waals surface area contributed by atoms with Crippen LogP contribution in [0.15, 0.2) is 54.7 Å². The minimum Gasteiger partial charge on any atom is -0.508 e. The number of aromatic nitrogens is 1. The Balaban J connectivity index is 2.02. The molecule has 3 rings (SSSR count). The summed E-state index contributed by atoms with van der Waals surface area (Å²) < 4.78 is 2.13. The third-order valence-corrected chi connectivity index (χ3v) is 3.06. The zero-order valence-corrected chi connectivity index (χ0v) is 9.88. The summed E-state index contributed by atoms with van der Waals surface area (Å²) in [5.41, 5.74) is 8.75. The van der Waals surface area contributed by atoms with Crippen LogP contribution in [0.1, 0.15) is 5.56 Å². The maximum atomic E-state index is 9.47. The quantitative estimate of drug-likeness (QED) is 0.674. The third kappa shape index (κ3) is 1.91. The number of phenolic OH excluding ortho intramolecular Hbond substituents is 1. The van der Waals surface area contributed by atoms with Crippen molar-refractivity contribution in [1.29, 1.82) is 0 Å². The van der Waals surface area contributed by atoms with Gasteiger partial charge in [-0.2, -0.15) is 0 Å². The van der Waals surface area contributed by atoms with Gasteiger partial charge in [-0.25, -0.2) is 0 Å². The summed E-state index contributed by atoms with van der Waals surface area (Å²) in [6.45, 7) is 0.724. The number of rotatable bonds is 2. The van der Waals surface area contributed by atoms with E-state index < -0.39 is 0 Å². The predicted molar refractivity (Wildman–Crippen MR) is 73.6 cm³/mol. The largest absolute Gasteiger partial charge is 0.508 e. The molecule has 0 amide bonds. The second-order valence-corrected chi connectivity index (χ2v) is 4.43. The maximum absolute atomic E-state index is 9.47. The summed E-state index contributed by atoms with van der Waals surface area (Å²) in [5, 5.41) is 10.6. The Morgan fingerprint density at radius 3 is 2.78 bits per heavy atom. The summed E-state index contributed by atoms with van der Waals surface area (Å²) in [6.07, 6.45) is 2.04. The smallest absolute Gasteiger partial charge is 0.115 e. The molecule has 3 aromatic rings. The molecule has 0 aliphatic rings. The van der Waals surface area contributed by atoms with E-state index >= 15 is 0 Å². The van der Waals surface area contributed by atoms with Gasteiger partial charge in [-0.1, -0.05) is 18.2 Å². The molecule has 0 fully saturated rings. The van der Waals surface area contributed by atoms with Gasteiger partial charge in [0.1, 0.15) is 5.75 Å². The van der Waals surface area contributed by atoms with E-state index in [9.17, 15) is 5.11 Å². The molecule has 0 atom stereocenters. The first kappa shape index (κ1) is 10.7. The Hall–Kier alpha value is -2.42. The highest BCUT2D eigenvalue weighted by molar-refractivity contribution is 5.83. The molecule has 90 valence electrons. The molecule has 0 saturated heterocycles. The SMILES string of the molecule is Nc1ccc2ccn(Cc3cccc(O)c3)c2c1. The van der Waals surface area contributed by atoms with Gasteiger partial charge in [-0.05, 0) is 41.3 Å². The van der Waals surface area contributed by atoms with E-state index in [0.29, 0.717) is 5.75 Å². The minimum absolute atomic E-state index is 0.295. The summed E-state index contributed by atoms with van der Waals surface area (Å²) >= 11 is 0. The standard InChI is InChI=1S/C15H14N2O/c16-13-5-4-12-6-7-17(15(12)9-13)10-11-2-1-3-14(18)8-11/h1-9,18H,10,16H2. The van der Waals surface area contributed by atoms with Crippen molar-refractivity contribution < 1.29 is 5.11 Å². The molecule has 0 unspecified atom stereocenters. The molecular formula is C15H14N2O. The van der Waals surface area contributed by atoms with Crippen LogP contribution in [0.25, 0.3) is 10.9 Å². The summed E-state index contributed by atoms with van der Waals surface area (Å²) in [5.74, 6) is 0.295. The van der Waals surface area contributed by atoms with E-state index in [2.05, 4.69) is 10.6 Å². The molecule has 3 N–H and O–H groups in total. The Kier molecular flexibility index (Phi) is 2.45. The van der Waals surface area contributed by atoms with Gasteiger partial charge in [0.15, 0.2) is 0 Å². The number of fused-ring (bicyclic) bond motifs is 1. The van der Waals surface area contributed by atoms with Crippen LogP contribution in [0.3, 0.4) is 0 Å². The van der Waals surface area contributed by atoms with Gasteiger partial charge < -0.3 is 15.4 Å². The van der Waals surface area contributed by atoms with Gasteiger partial charge in [-0.15, -0.1) is 0 Å². The number of nitrogen functional groups attached to an aromatic ring is 1. The molecule has 0 spiro atoms. The van der Waals surface area contributed by atoms with Gasteiger partial charge in [0.05, 0.1) is 5.52 Å². The fourth-order valence-electron chi connectivity index (χ4n) is 2.19. The molecule has 0 aliphatic carbocycles. The number of hydrogen-bond acceptors (Lipinski definition) is 2. The highest BCUT2D eigenvalue weighted by Crippen LogP contribution is 2.21. The van der Waals surface area contributed by atoms with Gasteiger partial charge >= 0.3 is 0 Å². The second-order valence-electron chi connectivity index (χ2n) is 4.43. The monoisotopic (exact) mass is 238 g/mol. The Morgan fingerprint density at radius 2 is 1.94 bits per heavy atom. The summed E-state index contributed by atoms with van der Waals surface area (Å²) in [7, 11) is 0. The van der Waals surface area contributed by atoms with Crippen LogP contribution >= 0.6 is 0 Å². The topological polar surface area (TPSA) is 51.2 Å². The number of benzene rings is 2. The van der Waals surface area contributed by atoms with Gasteiger partial charge in [-0.3, -0.25) is 0 Å². The molecule has 0 bridgehead atoms. The molecule has 18 heavy (non-hydrogen) atoms. The van der Waals surface area contributed by atoms with Crippen LogP contribution < -0.4 is 5.73 Å². The average molecular weight is 238 g/mol. The van der Waals surface area contributed by atoms with Crippen LogP contribution in [0.5, 0.6) is 5.75 Å². The lowest BCUT2D eigenvalue weighted by Gasteiger charge is -2.06. The highest BCUT2D eigenvalue weighted by Gasteiger charge is 2.02. The first-order valence-electron chi connectivity index (χ1n) is 5.85. The molecule has 0 aliphatic heterocycles. The fourth-order valence-corrected chi connectivity index (χ4v) is 2.19. The molecule has 3 heteroatoms. The van der Waals surface area contributed by atoms with Crippen molar-refractivity contribution in [2.75, 3.05) is 5.73 Å². The molecule has 3 nitrogen and oxygen atoms in total. The van der Waals surface area contributed by atoms with Crippen LogP contribution in [0.4, 0.5) is 5.69 Å². The van der Waals surface area contributed by atoms with E-state index in [1.54, 1.807) is 12.1 Å². The molecule has 1 heterocycles. The number of anilines is 1. The van der Waals surface area contributed by atoms with Crippen LogP contribution in [-0.4, -0.2) is 9.67 Å². The van der Waals surface area contributed by atoms with E-state index in [4.69, 9.17) is 5.73 Å². The van der Waals surface area contributed by atoms with E-state index in [-0.39, 0.29) is 0 Å². The van der Waals surface area contributed by atoms with E-state index in [0.717, 1.165) is 23.3 Å². The van der Waals surface area contributed by atoms with Crippen molar-refractivity contribution in [1.82, 2.24) is 4.57 Å². The fraction of sp³-hybridized carbons (Fsp3) is 0.0667. The van der Waals surface area contributed by atoms with Crippen molar-refractivity contribution in [2.45, 2.75) is 6.54 Å². The van der Waals surface area contributed by atoms with Gasteiger partial charge in [0.25, 0.3) is 0 Å². The minimum atomic E-state index is 0.295. The number of hydrogen-bond donors (Lipinski definition) is 2. The number of phenols is 1. The Morgan fingerprint density at radius 1 is 1.06 bits per heavy atom. The third-order valence-electron chi connectivity index (χ3n) is 3.06. The van der Waals surface area contributed by atoms with E-state index in [1.165, 1.54) is 5.39 Å². The normalized spacial score (nSPS) is 10.9. The van der Waals surface area contributed by atoms with Crippen molar-refractivity contribution in [2.24, 2.45) is 0 Å². The number of nitrogens with two attached hydrogens (primary N) is 1. The van der Waals surface area contributed by atoms with Crippen molar-refractivity contribution >= 4 is 16.6 Å². The number of aromatic hydroxyl groups is 1. The molecule has 0 saturated carbocycles. The lowest BCUT2D eigenvalue weighted by molar-refractivity contribution is 0.474. The lowest BCUT2D eigenvalue weighted by Crippen LogP contribution is -1.98. The van der Waals surface area contributed by atoms with Gasteiger partial charge in [0.2, 0.25) is 0 Å². The van der Waals surface area contributed by atoms with Crippen molar-refractivity contribution in [3.8, 4) is 5.75 Å². The summed E-state index contributed by atoms with van der Waals surface area (Å²) in [4.78, 5) is 0. The lowest BCUT2D eigenvalue weighted by atomic mass is 10.2.